The minimum absolute atomic E-state index is 0.00234. The zero-order chi connectivity index (χ0) is 16.1. The second-order valence-corrected chi connectivity index (χ2v) is 5.55. The van der Waals surface area contributed by atoms with Crippen LogP contribution in [-0.2, 0) is 4.79 Å². The van der Waals surface area contributed by atoms with Gasteiger partial charge in [0, 0.05) is 26.0 Å². The molecule has 2 aromatic rings. The Morgan fingerprint density at radius 3 is 2.55 bits per heavy atom. The van der Waals surface area contributed by atoms with Crippen LogP contribution in [0.15, 0.2) is 36.5 Å². The lowest BCUT2D eigenvalue weighted by atomic mass is 10.3. The van der Waals surface area contributed by atoms with Crippen molar-refractivity contribution in [2.45, 2.75) is 0 Å². The Kier molecular flexibility index (Phi) is 5.46. The van der Waals surface area contributed by atoms with E-state index in [1.807, 2.05) is 12.1 Å². The SMILES string of the molecule is CN(C)C(=O)CNc1ccc(Oc2ncc(Cl)cc2Cl)cc1. The van der Waals surface area contributed by atoms with Crippen LogP contribution in [0.3, 0.4) is 0 Å². The van der Waals surface area contributed by atoms with Crippen LogP contribution in [0.5, 0.6) is 11.6 Å². The maximum absolute atomic E-state index is 11.5. The van der Waals surface area contributed by atoms with Crippen molar-refractivity contribution in [2.75, 3.05) is 26.0 Å². The summed E-state index contributed by atoms with van der Waals surface area (Å²) in [6.45, 7) is 0.234. The average molecular weight is 340 g/mol. The molecule has 22 heavy (non-hydrogen) atoms. The van der Waals surface area contributed by atoms with Crippen LogP contribution in [-0.4, -0.2) is 36.4 Å². The second-order valence-electron chi connectivity index (χ2n) is 4.71. The molecule has 7 heteroatoms. The van der Waals surface area contributed by atoms with Gasteiger partial charge in [0.1, 0.15) is 10.8 Å². The van der Waals surface area contributed by atoms with E-state index in [1.165, 1.54) is 11.1 Å². The van der Waals surface area contributed by atoms with E-state index in [2.05, 4.69) is 10.3 Å². The van der Waals surface area contributed by atoms with Crippen molar-refractivity contribution < 1.29 is 9.53 Å². The number of benzene rings is 1. The minimum atomic E-state index is -0.00234. The first-order valence-corrected chi connectivity index (χ1v) is 7.24. The molecule has 1 amide bonds. The molecule has 1 aromatic heterocycles. The third-order valence-corrected chi connectivity index (χ3v) is 3.26. The first-order chi connectivity index (χ1) is 10.5. The van der Waals surface area contributed by atoms with Crippen molar-refractivity contribution >= 4 is 34.8 Å². The van der Waals surface area contributed by atoms with Gasteiger partial charge in [-0.3, -0.25) is 4.79 Å². The van der Waals surface area contributed by atoms with Crippen molar-refractivity contribution in [1.29, 1.82) is 0 Å². The number of aromatic nitrogens is 1. The summed E-state index contributed by atoms with van der Waals surface area (Å²) in [5.74, 6) is 0.869. The number of pyridine rings is 1. The molecular weight excluding hydrogens is 325 g/mol. The van der Waals surface area contributed by atoms with Gasteiger partial charge in [0.15, 0.2) is 0 Å². The van der Waals surface area contributed by atoms with Gasteiger partial charge in [-0.25, -0.2) is 4.98 Å². The van der Waals surface area contributed by atoms with Crippen LogP contribution in [0, 0.1) is 0 Å². The molecule has 0 radical (unpaired) electrons. The molecule has 0 aliphatic heterocycles. The summed E-state index contributed by atoms with van der Waals surface area (Å²) >= 11 is 11.8. The zero-order valence-corrected chi connectivity index (χ0v) is 13.6. The van der Waals surface area contributed by atoms with Crippen LogP contribution in [0.2, 0.25) is 10.0 Å². The number of halogens is 2. The summed E-state index contributed by atoms with van der Waals surface area (Å²) in [6, 6.07) is 8.70. The highest BCUT2D eigenvalue weighted by atomic mass is 35.5. The van der Waals surface area contributed by atoms with E-state index in [0.717, 1.165) is 5.69 Å². The molecule has 0 aliphatic carbocycles. The van der Waals surface area contributed by atoms with Crippen LogP contribution >= 0.6 is 23.2 Å². The third kappa shape index (κ3) is 4.51. The van der Waals surface area contributed by atoms with Gasteiger partial charge in [0.05, 0.1) is 11.6 Å². The molecule has 1 heterocycles. The standard InChI is InChI=1S/C15H15Cl2N3O2/c1-20(2)14(21)9-18-11-3-5-12(6-4-11)22-15-13(17)7-10(16)8-19-15/h3-8,18H,9H2,1-2H3. The van der Waals surface area contributed by atoms with Crippen molar-refractivity contribution in [3.05, 3.63) is 46.6 Å². The van der Waals surface area contributed by atoms with E-state index in [4.69, 9.17) is 27.9 Å². The van der Waals surface area contributed by atoms with E-state index in [0.29, 0.717) is 15.8 Å². The van der Waals surface area contributed by atoms with Crippen LogP contribution < -0.4 is 10.1 Å². The lowest BCUT2D eigenvalue weighted by Gasteiger charge is -2.12. The predicted molar refractivity (Wildman–Crippen MR) is 88.0 cm³/mol. The molecule has 0 aliphatic rings. The molecule has 0 atom stereocenters. The maximum atomic E-state index is 11.5. The Labute approximate surface area is 138 Å². The number of carbonyl (C=O) groups is 1. The van der Waals surface area contributed by atoms with Gasteiger partial charge in [-0.1, -0.05) is 23.2 Å². The maximum Gasteiger partial charge on any atom is 0.241 e. The van der Waals surface area contributed by atoms with Crippen molar-refractivity contribution in [1.82, 2.24) is 9.88 Å². The van der Waals surface area contributed by atoms with Gasteiger partial charge in [0.25, 0.3) is 0 Å². The average Bonchev–Trinajstić information content (AvgIpc) is 2.49. The van der Waals surface area contributed by atoms with E-state index in [1.54, 1.807) is 32.3 Å². The van der Waals surface area contributed by atoms with E-state index < -0.39 is 0 Å². The molecule has 2 rings (SSSR count). The fourth-order valence-corrected chi connectivity index (χ4v) is 1.98. The summed E-state index contributed by atoms with van der Waals surface area (Å²) in [7, 11) is 3.42. The lowest BCUT2D eigenvalue weighted by molar-refractivity contribution is -0.126. The van der Waals surface area contributed by atoms with Gasteiger partial charge >= 0.3 is 0 Å². The molecule has 0 unspecified atom stereocenters. The van der Waals surface area contributed by atoms with Gasteiger partial charge < -0.3 is 15.0 Å². The largest absolute Gasteiger partial charge is 0.438 e. The van der Waals surface area contributed by atoms with Gasteiger partial charge in [-0.15, -0.1) is 0 Å². The summed E-state index contributed by atoms with van der Waals surface area (Å²) < 4.78 is 5.58. The highest BCUT2D eigenvalue weighted by Crippen LogP contribution is 2.29. The van der Waals surface area contributed by atoms with Crippen molar-refractivity contribution in [2.24, 2.45) is 0 Å². The third-order valence-electron chi connectivity index (χ3n) is 2.79. The number of amides is 1. The Bertz CT molecular complexity index is 660. The number of carbonyl (C=O) groups excluding carboxylic acids is 1. The van der Waals surface area contributed by atoms with E-state index in [9.17, 15) is 4.79 Å². The molecular formula is C15H15Cl2N3O2. The predicted octanol–water partition coefficient (Wildman–Crippen LogP) is 3.68. The fraction of sp³-hybridized carbons (Fsp3) is 0.200. The first kappa shape index (κ1) is 16.4. The van der Waals surface area contributed by atoms with Crippen molar-refractivity contribution in [3.63, 3.8) is 0 Å². The van der Waals surface area contributed by atoms with Crippen LogP contribution in [0.1, 0.15) is 0 Å². The number of ether oxygens (including phenoxy) is 1. The Morgan fingerprint density at radius 1 is 1.27 bits per heavy atom. The first-order valence-electron chi connectivity index (χ1n) is 6.48. The molecule has 1 N–H and O–H groups in total. The lowest BCUT2D eigenvalue weighted by Crippen LogP contribution is -2.28. The molecule has 0 spiro atoms. The fourth-order valence-electron chi connectivity index (χ4n) is 1.57. The molecule has 0 saturated carbocycles. The molecule has 5 nitrogen and oxygen atoms in total. The second kappa shape index (κ2) is 7.33. The molecule has 0 bridgehead atoms. The summed E-state index contributed by atoms with van der Waals surface area (Å²) in [5, 5.41) is 3.82. The number of hydrogen-bond acceptors (Lipinski definition) is 4. The summed E-state index contributed by atoms with van der Waals surface area (Å²) in [6.07, 6.45) is 1.46. The number of hydrogen-bond donors (Lipinski definition) is 1. The smallest absolute Gasteiger partial charge is 0.241 e. The molecule has 0 fully saturated rings. The summed E-state index contributed by atoms with van der Waals surface area (Å²) in [5.41, 5.74) is 0.817. The van der Waals surface area contributed by atoms with Gasteiger partial charge in [-0.05, 0) is 30.3 Å². The van der Waals surface area contributed by atoms with Gasteiger partial charge in [-0.2, -0.15) is 0 Å². The highest BCUT2D eigenvalue weighted by molar-refractivity contribution is 6.35. The molecule has 1 aromatic carbocycles. The number of rotatable bonds is 5. The normalized spacial score (nSPS) is 10.2. The van der Waals surface area contributed by atoms with Crippen LogP contribution in [0.25, 0.3) is 0 Å². The Hall–Kier alpha value is -1.98. The van der Waals surface area contributed by atoms with Crippen LogP contribution in [0.4, 0.5) is 5.69 Å². The molecule has 0 saturated heterocycles. The number of nitrogens with one attached hydrogen (secondary N) is 1. The quantitative estimate of drug-likeness (QED) is 0.902. The molecule has 116 valence electrons. The number of anilines is 1. The summed E-state index contributed by atoms with van der Waals surface area (Å²) in [4.78, 5) is 17.0. The van der Waals surface area contributed by atoms with E-state index in [-0.39, 0.29) is 18.3 Å². The topological polar surface area (TPSA) is 54.5 Å². The number of likely N-dealkylation sites (N-methyl/N-ethyl adjacent to an activating group) is 1. The number of nitrogens with zero attached hydrogens (tertiary/aromatic N) is 2. The monoisotopic (exact) mass is 339 g/mol. The highest BCUT2D eigenvalue weighted by Gasteiger charge is 2.06. The Balaban J connectivity index is 1.98. The Morgan fingerprint density at radius 2 is 1.95 bits per heavy atom. The van der Waals surface area contributed by atoms with Gasteiger partial charge in [0.2, 0.25) is 11.8 Å². The zero-order valence-electron chi connectivity index (χ0n) is 12.1. The minimum Gasteiger partial charge on any atom is -0.438 e. The van der Waals surface area contributed by atoms with Crippen molar-refractivity contribution in [3.8, 4) is 11.6 Å². The van der Waals surface area contributed by atoms with E-state index >= 15 is 0 Å².